The van der Waals surface area contributed by atoms with E-state index in [1.807, 2.05) is 12.1 Å². The highest BCUT2D eigenvalue weighted by Crippen LogP contribution is 2.19. The molecule has 94 valence electrons. The van der Waals surface area contributed by atoms with Gasteiger partial charge in [0.1, 0.15) is 11.6 Å². The number of anilines is 2. The number of rotatable bonds is 3. The predicted molar refractivity (Wildman–Crippen MR) is 77.7 cm³/mol. The van der Waals surface area contributed by atoms with E-state index in [9.17, 15) is 0 Å². The normalized spacial score (nSPS) is 10.5. The lowest BCUT2D eigenvalue weighted by Gasteiger charge is -2.08. The zero-order valence-corrected chi connectivity index (χ0v) is 10.4. The van der Waals surface area contributed by atoms with Crippen molar-refractivity contribution in [2.24, 2.45) is 0 Å². The molecule has 3 N–H and O–H groups in total. The van der Waals surface area contributed by atoms with Crippen LogP contribution in [-0.4, -0.2) is 9.97 Å². The molecule has 0 bridgehead atoms. The van der Waals surface area contributed by atoms with Gasteiger partial charge in [-0.1, -0.05) is 42.5 Å². The zero-order valence-electron chi connectivity index (χ0n) is 10.4. The standard InChI is InChI=1S/C15H14N4/c16-14-9-17-10-15(19-14)18-8-12-6-3-5-11-4-1-2-7-13(11)12/h1-7,9-10H,8H2,(H3,16,18,19). The summed E-state index contributed by atoms with van der Waals surface area (Å²) in [6.45, 7) is 0.694. The molecular weight excluding hydrogens is 236 g/mol. The van der Waals surface area contributed by atoms with E-state index < -0.39 is 0 Å². The van der Waals surface area contributed by atoms with Crippen LogP contribution in [0.1, 0.15) is 5.56 Å². The van der Waals surface area contributed by atoms with Crippen LogP contribution in [0, 0.1) is 0 Å². The summed E-state index contributed by atoms with van der Waals surface area (Å²) in [6, 6.07) is 14.6. The summed E-state index contributed by atoms with van der Waals surface area (Å²) >= 11 is 0. The van der Waals surface area contributed by atoms with Gasteiger partial charge < -0.3 is 11.1 Å². The van der Waals surface area contributed by atoms with Crippen molar-refractivity contribution in [3.8, 4) is 0 Å². The molecular formula is C15H14N4. The van der Waals surface area contributed by atoms with Crippen molar-refractivity contribution >= 4 is 22.4 Å². The van der Waals surface area contributed by atoms with E-state index in [1.165, 1.54) is 22.5 Å². The Bertz CT molecular complexity index is 704. The van der Waals surface area contributed by atoms with Gasteiger partial charge in [-0.3, -0.25) is 4.98 Å². The molecule has 0 aliphatic carbocycles. The van der Waals surface area contributed by atoms with Gasteiger partial charge in [0.05, 0.1) is 12.4 Å². The molecule has 3 aromatic rings. The summed E-state index contributed by atoms with van der Waals surface area (Å²) in [5.41, 5.74) is 6.83. The smallest absolute Gasteiger partial charge is 0.147 e. The van der Waals surface area contributed by atoms with Gasteiger partial charge in [0.25, 0.3) is 0 Å². The van der Waals surface area contributed by atoms with Crippen LogP contribution in [0.3, 0.4) is 0 Å². The molecule has 0 aliphatic rings. The molecule has 19 heavy (non-hydrogen) atoms. The number of nitrogen functional groups attached to an aromatic ring is 1. The highest BCUT2D eigenvalue weighted by atomic mass is 15.0. The fourth-order valence-electron chi connectivity index (χ4n) is 2.10. The number of benzene rings is 2. The summed E-state index contributed by atoms with van der Waals surface area (Å²) in [5, 5.41) is 5.72. The summed E-state index contributed by atoms with van der Waals surface area (Å²) in [7, 11) is 0. The number of nitrogens with zero attached hydrogens (tertiary/aromatic N) is 2. The molecule has 0 amide bonds. The fraction of sp³-hybridized carbons (Fsp3) is 0.0667. The predicted octanol–water partition coefficient (Wildman–Crippen LogP) is 2.82. The summed E-state index contributed by atoms with van der Waals surface area (Å²) in [5.74, 6) is 1.11. The first kappa shape index (κ1) is 11.5. The van der Waals surface area contributed by atoms with Gasteiger partial charge >= 0.3 is 0 Å². The highest BCUT2D eigenvalue weighted by molar-refractivity contribution is 5.85. The number of fused-ring (bicyclic) bond motifs is 1. The van der Waals surface area contributed by atoms with Gasteiger partial charge in [0.15, 0.2) is 0 Å². The Morgan fingerprint density at radius 3 is 2.74 bits per heavy atom. The minimum atomic E-state index is 0.419. The van der Waals surface area contributed by atoms with Crippen LogP contribution in [0.25, 0.3) is 10.8 Å². The molecule has 2 aromatic carbocycles. The Kier molecular flexibility index (Phi) is 2.98. The van der Waals surface area contributed by atoms with Crippen molar-refractivity contribution in [2.75, 3.05) is 11.1 Å². The number of hydrogen-bond donors (Lipinski definition) is 2. The monoisotopic (exact) mass is 250 g/mol. The van der Waals surface area contributed by atoms with Gasteiger partial charge in [-0.05, 0) is 16.3 Å². The summed E-state index contributed by atoms with van der Waals surface area (Å²) in [6.07, 6.45) is 3.20. The van der Waals surface area contributed by atoms with E-state index in [-0.39, 0.29) is 0 Å². The number of nitrogens with one attached hydrogen (secondary N) is 1. The van der Waals surface area contributed by atoms with Gasteiger partial charge in [-0.15, -0.1) is 0 Å². The molecule has 0 saturated carbocycles. The van der Waals surface area contributed by atoms with Crippen molar-refractivity contribution in [1.82, 2.24) is 9.97 Å². The maximum atomic E-state index is 5.60. The van der Waals surface area contributed by atoms with E-state index in [0.717, 1.165) is 0 Å². The average molecular weight is 250 g/mol. The largest absolute Gasteiger partial charge is 0.382 e. The Balaban J connectivity index is 1.86. The van der Waals surface area contributed by atoms with Crippen LogP contribution >= 0.6 is 0 Å². The SMILES string of the molecule is Nc1cncc(NCc2cccc3ccccc23)n1. The summed E-state index contributed by atoms with van der Waals surface area (Å²) in [4.78, 5) is 8.18. The van der Waals surface area contributed by atoms with Crippen LogP contribution in [0.15, 0.2) is 54.9 Å². The molecule has 0 aliphatic heterocycles. The zero-order chi connectivity index (χ0) is 13.1. The lowest BCUT2D eigenvalue weighted by Crippen LogP contribution is -2.03. The third-order valence-corrected chi connectivity index (χ3v) is 2.99. The van der Waals surface area contributed by atoms with E-state index in [1.54, 1.807) is 6.20 Å². The van der Waals surface area contributed by atoms with Crippen molar-refractivity contribution in [2.45, 2.75) is 6.54 Å². The first-order valence-electron chi connectivity index (χ1n) is 6.11. The molecule has 4 nitrogen and oxygen atoms in total. The number of aromatic nitrogens is 2. The van der Waals surface area contributed by atoms with Crippen molar-refractivity contribution in [3.63, 3.8) is 0 Å². The molecule has 0 unspecified atom stereocenters. The van der Waals surface area contributed by atoms with Crippen LogP contribution in [-0.2, 0) is 6.54 Å². The van der Waals surface area contributed by atoms with E-state index in [0.29, 0.717) is 18.2 Å². The molecule has 0 saturated heterocycles. The molecule has 4 heteroatoms. The minimum Gasteiger partial charge on any atom is -0.382 e. The number of hydrogen-bond acceptors (Lipinski definition) is 4. The third kappa shape index (κ3) is 2.47. The number of nitrogens with two attached hydrogens (primary N) is 1. The first-order valence-corrected chi connectivity index (χ1v) is 6.11. The lowest BCUT2D eigenvalue weighted by atomic mass is 10.0. The Morgan fingerprint density at radius 1 is 1.00 bits per heavy atom. The Morgan fingerprint density at radius 2 is 1.84 bits per heavy atom. The Labute approximate surface area is 111 Å². The third-order valence-electron chi connectivity index (χ3n) is 2.99. The van der Waals surface area contributed by atoms with Crippen LogP contribution in [0.2, 0.25) is 0 Å². The van der Waals surface area contributed by atoms with Gasteiger partial charge in [0.2, 0.25) is 0 Å². The van der Waals surface area contributed by atoms with Crippen LogP contribution in [0.4, 0.5) is 11.6 Å². The van der Waals surface area contributed by atoms with E-state index in [4.69, 9.17) is 5.73 Å². The molecule has 0 atom stereocenters. The second-order valence-corrected chi connectivity index (χ2v) is 4.32. The molecule has 1 aromatic heterocycles. The quantitative estimate of drug-likeness (QED) is 0.750. The van der Waals surface area contributed by atoms with Crippen LogP contribution in [0.5, 0.6) is 0 Å². The van der Waals surface area contributed by atoms with Gasteiger partial charge in [-0.2, -0.15) is 0 Å². The summed E-state index contributed by atoms with van der Waals surface area (Å²) < 4.78 is 0. The molecule has 0 radical (unpaired) electrons. The maximum absolute atomic E-state index is 5.60. The Hall–Kier alpha value is -2.62. The van der Waals surface area contributed by atoms with Gasteiger partial charge in [-0.25, -0.2) is 4.98 Å². The van der Waals surface area contributed by atoms with Crippen LogP contribution < -0.4 is 11.1 Å². The van der Waals surface area contributed by atoms with Crippen molar-refractivity contribution in [1.29, 1.82) is 0 Å². The molecule has 0 spiro atoms. The highest BCUT2D eigenvalue weighted by Gasteiger charge is 2.01. The van der Waals surface area contributed by atoms with Gasteiger partial charge in [0, 0.05) is 6.54 Å². The average Bonchev–Trinajstić information content (AvgIpc) is 2.45. The molecule has 1 heterocycles. The van der Waals surface area contributed by atoms with E-state index >= 15 is 0 Å². The second kappa shape index (κ2) is 4.94. The lowest BCUT2D eigenvalue weighted by molar-refractivity contribution is 1.10. The first-order chi connectivity index (χ1) is 9.33. The topological polar surface area (TPSA) is 63.8 Å². The molecule has 0 fully saturated rings. The maximum Gasteiger partial charge on any atom is 0.147 e. The second-order valence-electron chi connectivity index (χ2n) is 4.32. The van der Waals surface area contributed by atoms with Crippen molar-refractivity contribution < 1.29 is 0 Å². The fourth-order valence-corrected chi connectivity index (χ4v) is 2.10. The minimum absolute atomic E-state index is 0.419. The molecule has 3 rings (SSSR count). The van der Waals surface area contributed by atoms with E-state index in [2.05, 4.69) is 45.6 Å². The van der Waals surface area contributed by atoms with Crippen molar-refractivity contribution in [3.05, 3.63) is 60.4 Å².